The first-order valence-corrected chi connectivity index (χ1v) is 20.9. The van der Waals surface area contributed by atoms with Crippen LogP contribution in [0.25, 0.3) is 0 Å². The summed E-state index contributed by atoms with van der Waals surface area (Å²) in [6.45, 7) is 9.90. The van der Waals surface area contributed by atoms with Crippen molar-refractivity contribution >= 4 is 5.97 Å². The van der Waals surface area contributed by atoms with Crippen LogP contribution in [0, 0.1) is 34.5 Å². The fourth-order valence-corrected chi connectivity index (χ4v) is 12.8. The van der Waals surface area contributed by atoms with E-state index in [-0.39, 0.29) is 61.1 Å². The van der Waals surface area contributed by atoms with E-state index in [1.807, 2.05) is 13.8 Å². The highest BCUT2D eigenvalue weighted by Crippen LogP contribution is 2.70. The Morgan fingerprint density at radius 1 is 0.691 bits per heavy atom. The molecule has 7 fully saturated rings. The maximum atomic E-state index is 12.6. The molecule has 0 aromatic rings. The number of aliphatic hydroxyl groups excluding tert-OH is 5. The number of hydrogen-bond donors (Lipinski definition) is 6. The number of hydrogen-bond acceptors (Lipinski definition) is 14. The number of ether oxygens (including phenoxy) is 7. The second kappa shape index (κ2) is 15.1. The van der Waals surface area contributed by atoms with Crippen LogP contribution in [-0.4, -0.2) is 135 Å². The molecule has 3 saturated heterocycles. The predicted molar refractivity (Wildman–Crippen MR) is 193 cm³/mol. The van der Waals surface area contributed by atoms with Crippen molar-refractivity contribution in [3.8, 4) is 0 Å². The molecule has 55 heavy (non-hydrogen) atoms. The van der Waals surface area contributed by atoms with E-state index in [9.17, 15) is 35.4 Å². The summed E-state index contributed by atoms with van der Waals surface area (Å²) in [5.74, 6) is 0.204. The van der Waals surface area contributed by atoms with E-state index in [4.69, 9.17) is 33.2 Å². The third-order valence-electron chi connectivity index (χ3n) is 16.0. The van der Waals surface area contributed by atoms with Crippen LogP contribution in [0.2, 0.25) is 0 Å². The van der Waals surface area contributed by atoms with Gasteiger partial charge < -0.3 is 63.8 Å². The Morgan fingerprint density at radius 3 is 1.87 bits per heavy atom. The van der Waals surface area contributed by atoms with Gasteiger partial charge in [-0.1, -0.05) is 13.8 Å². The van der Waals surface area contributed by atoms with Crippen molar-refractivity contribution in [1.29, 1.82) is 0 Å². The SMILES string of the molecule is CC1O[C@@H](O[C@H]2C(O)C[C@H](O[C@H]3C(O)C[C@H](OC4CCC5(C)[C@H](CC[C@@H]6[C@@H]5CC(O)[C@]5(C)[C@@H](C7=CC(=O)OC7)CC[C@]65O)C4)OC3C)OC2C)CC(O)[C@@H]1O. The first-order valence-electron chi connectivity index (χ1n) is 20.9. The molecule has 4 aliphatic carbocycles. The van der Waals surface area contributed by atoms with Crippen LogP contribution in [-0.2, 0) is 38.0 Å². The van der Waals surface area contributed by atoms with E-state index < -0.39 is 90.9 Å². The number of fused-ring (bicyclic) bond motifs is 5. The lowest BCUT2D eigenvalue weighted by Gasteiger charge is -2.65. The van der Waals surface area contributed by atoms with Gasteiger partial charge in [-0.15, -0.1) is 0 Å². The van der Waals surface area contributed by atoms with Gasteiger partial charge in [0.1, 0.15) is 24.9 Å². The highest BCUT2D eigenvalue weighted by atomic mass is 16.7. The highest BCUT2D eigenvalue weighted by Gasteiger charge is 2.71. The summed E-state index contributed by atoms with van der Waals surface area (Å²) in [7, 11) is 0. The molecule has 8 aliphatic rings. The Labute approximate surface area is 323 Å². The van der Waals surface area contributed by atoms with Crippen molar-refractivity contribution in [3.05, 3.63) is 11.6 Å². The summed E-state index contributed by atoms with van der Waals surface area (Å²) in [4.78, 5) is 11.9. The van der Waals surface area contributed by atoms with Gasteiger partial charge in [0.2, 0.25) is 0 Å². The molecule has 8 rings (SSSR count). The van der Waals surface area contributed by atoms with E-state index in [1.165, 1.54) is 0 Å². The molecular formula is C41H64O14. The normalized spacial score (nSPS) is 55.5. The largest absolute Gasteiger partial charge is 0.458 e. The maximum Gasteiger partial charge on any atom is 0.331 e. The summed E-state index contributed by atoms with van der Waals surface area (Å²) in [5.41, 5.74) is -0.892. The Hall–Kier alpha value is -1.27. The molecule has 0 aromatic carbocycles. The molecule has 14 heteroatoms. The van der Waals surface area contributed by atoms with Crippen LogP contribution < -0.4 is 0 Å². The molecule has 312 valence electrons. The van der Waals surface area contributed by atoms with Crippen molar-refractivity contribution in [2.45, 2.75) is 197 Å². The fourth-order valence-electron chi connectivity index (χ4n) is 12.8. The van der Waals surface area contributed by atoms with Crippen molar-refractivity contribution in [3.63, 3.8) is 0 Å². The minimum Gasteiger partial charge on any atom is -0.458 e. The molecule has 21 atom stereocenters. The van der Waals surface area contributed by atoms with E-state index in [2.05, 4.69) is 6.92 Å². The molecule has 0 spiro atoms. The number of carbonyl (C=O) groups excluding carboxylic acids is 1. The van der Waals surface area contributed by atoms with Crippen LogP contribution in [0.4, 0.5) is 0 Å². The zero-order valence-electron chi connectivity index (χ0n) is 32.9. The molecule has 9 unspecified atom stereocenters. The molecule has 4 saturated carbocycles. The van der Waals surface area contributed by atoms with Crippen LogP contribution in [0.1, 0.15) is 105 Å². The number of rotatable bonds is 7. The average molecular weight is 781 g/mol. The van der Waals surface area contributed by atoms with Gasteiger partial charge in [-0.2, -0.15) is 0 Å². The van der Waals surface area contributed by atoms with Crippen molar-refractivity contribution < 1.29 is 68.6 Å². The van der Waals surface area contributed by atoms with Crippen LogP contribution in [0.5, 0.6) is 0 Å². The molecule has 0 radical (unpaired) electrons. The molecule has 0 amide bonds. The minimum absolute atomic E-state index is 0.0452. The Balaban J connectivity index is 0.837. The lowest BCUT2D eigenvalue weighted by Crippen LogP contribution is -2.67. The zero-order chi connectivity index (χ0) is 39.2. The Morgan fingerprint density at radius 2 is 1.29 bits per heavy atom. The minimum atomic E-state index is -1.01. The smallest absolute Gasteiger partial charge is 0.331 e. The van der Waals surface area contributed by atoms with E-state index in [0.717, 1.165) is 44.1 Å². The van der Waals surface area contributed by atoms with E-state index in [1.54, 1.807) is 19.9 Å². The number of aliphatic hydroxyl groups is 6. The molecule has 14 nitrogen and oxygen atoms in total. The highest BCUT2D eigenvalue weighted by molar-refractivity contribution is 5.85. The molecular weight excluding hydrogens is 716 g/mol. The van der Waals surface area contributed by atoms with E-state index in [0.29, 0.717) is 18.8 Å². The summed E-state index contributed by atoms with van der Waals surface area (Å²) >= 11 is 0. The Kier molecular flexibility index (Phi) is 11.1. The molecule has 4 aliphatic heterocycles. The second-order valence-electron chi connectivity index (χ2n) is 18.8. The second-order valence-corrected chi connectivity index (χ2v) is 18.8. The molecule has 0 bridgehead atoms. The maximum absolute atomic E-state index is 12.6. The van der Waals surface area contributed by atoms with E-state index >= 15 is 0 Å². The van der Waals surface area contributed by atoms with Gasteiger partial charge in [0.15, 0.2) is 18.9 Å². The third kappa shape index (κ3) is 6.95. The van der Waals surface area contributed by atoms with Gasteiger partial charge in [0.25, 0.3) is 0 Å². The summed E-state index contributed by atoms with van der Waals surface area (Å²) in [5, 5.41) is 66.9. The van der Waals surface area contributed by atoms with Crippen molar-refractivity contribution in [2.75, 3.05) is 6.61 Å². The van der Waals surface area contributed by atoms with Crippen molar-refractivity contribution in [1.82, 2.24) is 0 Å². The van der Waals surface area contributed by atoms with Gasteiger partial charge in [-0.25, -0.2) is 4.79 Å². The number of carbonyl (C=O) groups is 1. The van der Waals surface area contributed by atoms with Gasteiger partial charge in [0, 0.05) is 30.8 Å². The first-order chi connectivity index (χ1) is 26.0. The average Bonchev–Trinajstić information content (AvgIpc) is 3.67. The van der Waals surface area contributed by atoms with Crippen LogP contribution in [0.15, 0.2) is 11.6 Å². The summed E-state index contributed by atoms with van der Waals surface area (Å²) < 4.78 is 42.1. The van der Waals surface area contributed by atoms with Crippen LogP contribution >= 0.6 is 0 Å². The Bertz CT molecular complexity index is 1410. The summed E-state index contributed by atoms with van der Waals surface area (Å²) in [6.07, 6.45) is -1.51. The first kappa shape index (κ1) is 40.5. The standard InChI is InChI=1S/C41H64O14/c1-19-36(47)28(42)15-34(50-19)54-38-21(3)52-35(17-30(38)44)55-37-20(2)51-33(16-29(37)43)53-24-8-10-39(4)23(13-24)6-7-26-27(39)14-31(45)40(5)25(9-11-41(26,40)48)22-12-32(46)49-18-22/h12,19-21,23-31,33-38,42-45,47-48H,6-11,13-18H2,1-5H3/t19?,20?,21?,23-,24?,25-,26-,27+,28?,29?,30?,31?,33+,34+,35+,36-,37-,38-,39?,40+,41+/m1/s1. The fraction of sp³-hybridized carbons (Fsp3) is 0.927. The van der Waals surface area contributed by atoms with Crippen LogP contribution in [0.3, 0.4) is 0 Å². The molecule has 4 heterocycles. The van der Waals surface area contributed by atoms with Gasteiger partial charge in [0.05, 0.1) is 54.4 Å². The van der Waals surface area contributed by atoms with Crippen molar-refractivity contribution in [2.24, 2.45) is 34.5 Å². The topological polar surface area (TPSA) is 203 Å². The number of esters is 1. The number of cyclic esters (lactones) is 1. The lowest BCUT2D eigenvalue weighted by atomic mass is 9.42. The van der Waals surface area contributed by atoms with Gasteiger partial charge in [-0.05, 0) is 107 Å². The quantitative estimate of drug-likeness (QED) is 0.162. The zero-order valence-corrected chi connectivity index (χ0v) is 32.9. The summed E-state index contributed by atoms with van der Waals surface area (Å²) in [6, 6.07) is 0. The van der Waals surface area contributed by atoms with Gasteiger partial charge in [-0.3, -0.25) is 0 Å². The third-order valence-corrected chi connectivity index (χ3v) is 16.0. The lowest BCUT2D eigenvalue weighted by molar-refractivity contribution is -0.336. The monoisotopic (exact) mass is 780 g/mol. The molecule has 6 N–H and O–H groups in total. The van der Waals surface area contributed by atoms with Gasteiger partial charge >= 0.3 is 5.97 Å². The molecule has 0 aromatic heterocycles. The predicted octanol–water partition coefficient (Wildman–Crippen LogP) is 2.22.